The highest BCUT2D eigenvalue weighted by molar-refractivity contribution is 6.08. The summed E-state index contributed by atoms with van der Waals surface area (Å²) in [5, 5.41) is 14.1. The molecule has 0 aliphatic carbocycles. The molecular weight excluding hydrogens is 458 g/mol. The molecule has 0 fully saturated rings. The Kier molecular flexibility index (Phi) is 6.13. The molecule has 1 N–H and O–H groups in total. The minimum atomic E-state index is -3.54. The van der Waals surface area contributed by atoms with E-state index >= 15 is 0 Å². The van der Waals surface area contributed by atoms with Crippen molar-refractivity contribution in [1.82, 2.24) is 9.99 Å². The van der Waals surface area contributed by atoms with E-state index in [-0.39, 0.29) is 21.7 Å². The van der Waals surface area contributed by atoms with Crippen LogP contribution in [0.4, 0.5) is 17.6 Å². The molecule has 0 radical (unpaired) electrons. The van der Waals surface area contributed by atoms with Gasteiger partial charge < -0.3 is 14.6 Å². The highest BCUT2D eigenvalue weighted by Crippen LogP contribution is 2.37. The lowest BCUT2D eigenvalue weighted by Crippen LogP contribution is -2.51. The largest absolute Gasteiger partial charge is 0.497 e. The third kappa shape index (κ3) is 3.92. The van der Waals surface area contributed by atoms with Gasteiger partial charge in [0, 0.05) is 23.4 Å². The number of carbonyl (C=O) groups is 1. The number of nitrogens with zero attached hydrogens (tertiary/aromatic N) is 3. The van der Waals surface area contributed by atoms with Crippen LogP contribution in [0.25, 0.3) is 22.2 Å². The number of rotatable bonds is 6. The summed E-state index contributed by atoms with van der Waals surface area (Å²) in [5.74, 6) is -0.305. The number of hydrogen-bond donors (Lipinski definition) is 1. The Balaban J connectivity index is 1.90. The second kappa shape index (κ2) is 8.90. The van der Waals surface area contributed by atoms with Crippen LogP contribution in [0.5, 0.6) is 11.5 Å². The first-order valence-corrected chi connectivity index (χ1v) is 10.0. The van der Waals surface area contributed by atoms with Gasteiger partial charge in [0.1, 0.15) is 17.2 Å². The van der Waals surface area contributed by atoms with Crippen molar-refractivity contribution in [3.8, 4) is 22.8 Å². The summed E-state index contributed by atoms with van der Waals surface area (Å²) in [6, 6.07) is 12.6. The van der Waals surface area contributed by atoms with E-state index in [9.17, 15) is 27.5 Å². The zero-order valence-corrected chi connectivity index (χ0v) is 18.0. The van der Waals surface area contributed by atoms with E-state index < -0.39 is 36.6 Å². The predicted molar refractivity (Wildman–Crippen MR) is 115 cm³/mol. The zero-order chi connectivity index (χ0) is 24.6. The van der Waals surface area contributed by atoms with Crippen molar-refractivity contribution >= 4 is 22.5 Å². The summed E-state index contributed by atoms with van der Waals surface area (Å²) in [4.78, 5) is 17.9. The molecule has 2 aromatic carbocycles. The Morgan fingerprint density at radius 3 is 2.47 bits per heavy atom. The third-order valence-electron chi connectivity index (χ3n) is 5.46. The maximum absolute atomic E-state index is 13.7. The minimum absolute atomic E-state index is 0.0377. The van der Waals surface area contributed by atoms with E-state index in [4.69, 9.17) is 9.47 Å². The SMILES string of the molecule is COc1ccc(-c2cc(C(=O)N3N=C(C(F)F)C[C@@]3(O)C(F)F)c3ccccc3n2)c(OC)c1. The number of fused-ring (bicyclic) bond motifs is 1. The van der Waals surface area contributed by atoms with Crippen molar-refractivity contribution in [3.63, 3.8) is 0 Å². The van der Waals surface area contributed by atoms with Gasteiger partial charge in [-0.05, 0) is 24.3 Å². The number of pyridine rings is 1. The van der Waals surface area contributed by atoms with Gasteiger partial charge in [0.25, 0.3) is 18.8 Å². The van der Waals surface area contributed by atoms with Crippen molar-refractivity contribution in [2.75, 3.05) is 14.2 Å². The van der Waals surface area contributed by atoms with Crippen molar-refractivity contribution in [2.45, 2.75) is 25.0 Å². The number of hydrazone groups is 1. The van der Waals surface area contributed by atoms with Crippen LogP contribution < -0.4 is 9.47 Å². The molecule has 0 saturated heterocycles. The fourth-order valence-electron chi connectivity index (χ4n) is 3.72. The average Bonchev–Trinajstić information content (AvgIpc) is 3.21. The number of alkyl halides is 4. The van der Waals surface area contributed by atoms with Crippen LogP contribution in [0.15, 0.2) is 53.6 Å². The lowest BCUT2D eigenvalue weighted by molar-refractivity contribution is -0.164. The van der Waals surface area contributed by atoms with Gasteiger partial charge in [0.2, 0.25) is 5.72 Å². The van der Waals surface area contributed by atoms with E-state index in [0.717, 1.165) is 0 Å². The topological polar surface area (TPSA) is 84.2 Å². The molecule has 1 aliphatic rings. The molecule has 0 unspecified atom stereocenters. The van der Waals surface area contributed by atoms with Gasteiger partial charge in [-0.15, -0.1) is 0 Å². The molecular formula is C23H19F4N3O4. The number of amides is 1. The number of aromatic nitrogens is 1. The molecule has 4 rings (SSSR count). The first-order chi connectivity index (χ1) is 16.2. The van der Waals surface area contributed by atoms with Crippen LogP contribution in [-0.2, 0) is 0 Å². The average molecular weight is 477 g/mol. The third-order valence-corrected chi connectivity index (χ3v) is 5.46. The van der Waals surface area contributed by atoms with Crippen LogP contribution in [0, 0.1) is 0 Å². The molecule has 11 heteroatoms. The summed E-state index contributed by atoms with van der Waals surface area (Å²) in [6.45, 7) is 0. The zero-order valence-electron chi connectivity index (χ0n) is 18.0. The number of hydrogen-bond acceptors (Lipinski definition) is 6. The molecule has 7 nitrogen and oxygen atoms in total. The van der Waals surface area contributed by atoms with Gasteiger partial charge >= 0.3 is 0 Å². The van der Waals surface area contributed by atoms with Crippen molar-refractivity contribution < 1.29 is 36.9 Å². The molecule has 34 heavy (non-hydrogen) atoms. The fourth-order valence-corrected chi connectivity index (χ4v) is 3.72. The number of ether oxygens (including phenoxy) is 2. The van der Waals surface area contributed by atoms with Gasteiger partial charge in [-0.2, -0.15) is 10.1 Å². The molecule has 1 aromatic heterocycles. The highest BCUT2D eigenvalue weighted by atomic mass is 19.3. The maximum Gasteiger partial charge on any atom is 0.287 e. The van der Waals surface area contributed by atoms with Gasteiger partial charge in [0.15, 0.2) is 0 Å². The fraction of sp³-hybridized carbons (Fsp3) is 0.261. The molecule has 2 heterocycles. The monoisotopic (exact) mass is 477 g/mol. The first kappa shape index (κ1) is 23.4. The Hall–Kier alpha value is -3.73. The maximum atomic E-state index is 13.7. The second-order valence-electron chi connectivity index (χ2n) is 7.50. The Morgan fingerprint density at radius 2 is 1.82 bits per heavy atom. The molecule has 0 saturated carbocycles. The minimum Gasteiger partial charge on any atom is -0.497 e. The van der Waals surface area contributed by atoms with Crippen LogP contribution in [-0.4, -0.2) is 59.5 Å². The number of benzene rings is 2. The molecule has 1 atom stereocenters. The van der Waals surface area contributed by atoms with E-state index in [1.54, 1.807) is 36.4 Å². The summed E-state index contributed by atoms with van der Waals surface area (Å²) in [7, 11) is 2.91. The lowest BCUT2D eigenvalue weighted by atomic mass is 10.0. The Bertz CT molecular complexity index is 1280. The van der Waals surface area contributed by atoms with E-state index in [1.165, 1.54) is 26.4 Å². The molecule has 0 bridgehead atoms. The molecule has 1 amide bonds. The summed E-state index contributed by atoms with van der Waals surface area (Å²) in [5.41, 5.74) is -3.32. The van der Waals surface area contributed by atoms with Gasteiger partial charge in [0.05, 0.1) is 31.0 Å². The van der Waals surface area contributed by atoms with Crippen LogP contribution in [0.3, 0.4) is 0 Å². The van der Waals surface area contributed by atoms with Crippen LogP contribution >= 0.6 is 0 Å². The standard InChI is InChI=1S/C23H19F4N3O4/c1-33-12-7-8-14(19(9-12)34-2)17-10-15(13-5-3-4-6-16(13)28-17)21(31)30-23(32,22(26)27)11-18(29-30)20(24)25/h3-10,20,22,32H,11H2,1-2H3/t23-/m1/s1. The van der Waals surface area contributed by atoms with Gasteiger partial charge in [-0.3, -0.25) is 4.79 Å². The van der Waals surface area contributed by atoms with Crippen LogP contribution in [0.1, 0.15) is 16.8 Å². The first-order valence-electron chi connectivity index (χ1n) is 10.0. The van der Waals surface area contributed by atoms with E-state index in [0.29, 0.717) is 22.6 Å². The number of aliphatic hydroxyl groups is 1. The number of halogens is 4. The van der Waals surface area contributed by atoms with Gasteiger partial charge in [-0.1, -0.05) is 18.2 Å². The molecule has 178 valence electrons. The number of carbonyl (C=O) groups excluding carboxylic acids is 1. The smallest absolute Gasteiger partial charge is 0.287 e. The molecule has 1 aliphatic heterocycles. The second-order valence-corrected chi connectivity index (χ2v) is 7.50. The molecule has 0 spiro atoms. The van der Waals surface area contributed by atoms with E-state index in [1.807, 2.05) is 0 Å². The quantitative estimate of drug-likeness (QED) is 0.534. The van der Waals surface area contributed by atoms with Gasteiger partial charge in [-0.25, -0.2) is 22.5 Å². The summed E-state index contributed by atoms with van der Waals surface area (Å²) in [6.07, 6.45) is -7.92. The normalized spacial score (nSPS) is 18.0. The number of methoxy groups -OCH3 is 2. The highest BCUT2D eigenvalue weighted by Gasteiger charge is 2.53. The predicted octanol–water partition coefficient (Wildman–Crippen LogP) is 4.34. The lowest BCUT2D eigenvalue weighted by Gasteiger charge is -2.30. The van der Waals surface area contributed by atoms with Crippen molar-refractivity contribution in [2.24, 2.45) is 5.10 Å². The Labute approximate surface area is 191 Å². The van der Waals surface area contributed by atoms with E-state index in [2.05, 4.69) is 10.1 Å². The summed E-state index contributed by atoms with van der Waals surface area (Å²) < 4.78 is 64.4. The van der Waals surface area contributed by atoms with Crippen LogP contribution in [0.2, 0.25) is 0 Å². The molecule has 3 aromatic rings. The summed E-state index contributed by atoms with van der Waals surface area (Å²) >= 11 is 0. The van der Waals surface area contributed by atoms with Crippen molar-refractivity contribution in [1.29, 1.82) is 0 Å². The number of para-hydroxylation sites is 1. The Morgan fingerprint density at radius 1 is 1.09 bits per heavy atom. The van der Waals surface area contributed by atoms with Crippen molar-refractivity contribution in [3.05, 3.63) is 54.1 Å².